The third-order valence-electron chi connectivity index (χ3n) is 2.69. The number of benzene rings is 1. The number of halogens is 1. The highest BCUT2D eigenvalue weighted by atomic mass is 35.5. The number of nitrogens with zero attached hydrogens (tertiary/aromatic N) is 2. The van der Waals surface area contributed by atoms with Crippen LogP contribution in [0.25, 0.3) is 0 Å². The maximum Gasteiger partial charge on any atom is 0.215 e. The molecule has 1 aromatic heterocycles. The second-order valence-corrected chi connectivity index (χ2v) is 6.66. The van der Waals surface area contributed by atoms with Crippen LogP contribution in [0.4, 0.5) is 0 Å². The molecule has 108 valence electrons. The minimum absolute atomic E-state index is 0.00143. The first-order valence-electron chi connectivity index (χ1n) is 6.24. The molecular weight excluding hydrogens is 298 g/mol. The predicted molar refractivity (Wildman–Crippen MR) is 78.9 cm³/mol. The van der Waals surface area contributed by atoms with Gasteiger partial charge in [0, 0.05) is 19.3 Å². The molecule has 0 saturated carbocycles. The lowest BCUT2D eigenvalue weighted by Crippen LogP contribution is -2.26. The Morgan fingerprint density at radius 2 is 2.00 bits per heavy atom. The van der Waals surface area contributed by atoms with Gasteiger partial charge in [-0.25, -0.2) is 13.1 Å². The van der Waals surface area contributed by atoms with Crippen LogP contribution in [-0.4, -0.2) is 24.7 Å². The normalized spacial score (nSPS) is 11.7. The lowest BCUT2D eigenvalue weighted by Gasteiger charge is -2.07. The third kappa shape index (κ3) is 4.96. The Hall–Kier alpha value is -1.37. The van der Waals surface area contributed by atoms with Gasteiger partial charge < -0.3 is 0 Å². The van der Waals surface area contributed by atoms with Crippen molar-refractivity contribution >= 4 is 21.6 Å². The number of nitrogens with one attached hydrogen (secondary N) is 1. The zero-order chi connectivity index (χ0) is 14.4. The van der Waals surface area contributed by atoms with Crippen LogP contribution in [0.3, 0.4) is 0 Å². The van der Waals surface area contributed by atoms with Crippen LogP contribution >= 0.6 is 11.6 Å². The van der Waals surface area contributed by atoms with E-state index in [9.17, 15) is 8.42 Å². The summed E-state index contributed by atoms with van der Waals surface area (Å²) in [6.45, 7) is 1.01. The van der Waals surface area contributed by atoms with Gasteiger partial charge in [-0.05, 0) is 12.0 Å². The highest BCUT2D eigenvalue weighted by Gasteiger charge is 2.10. The van der Waals surface area contributed by atoms with Crippen molar-refractivity contribution in [3.05, 3.63) is 53.3 Å². The minimum atomic E-state index is -3.29. The van der Waals surface area contributed by atoms with E-state index in [2.05, 4.69) is 9.82 Å². The molecule has 1 heterocycles. The Kier molecular flexibility index (Phi) is 5.17. The molecule has 0 fully saturated rings. The number of aryl methyl sites for hydroxylation is 1. The molecule has 7 heteroatoms. The first-order valence-corrected chi connectivity index (χ1v) is 8.27. The predicted octanol–water partition coefficient (Wildman–Crippen LogP) is 2.05. The summed E-state index contributed by atoms with van der Waals surface area (Å²) in [5.41, 5.74) is 0.777. The van der Waals surface area contributed by atoms with Gasteiger partial charge in [0.2, 0.25) is 10.0 Å². The Morgan fingerprint density at radius 1 is 1.25 bits per heavy atom. The molecule has 1 aromatic carbocycles. The third-order valence-corrected chi connectivity index (χ3v) is 4.24. The van der Waals surface area contributed by atoms with Crippen LogP contribution in [0.15, 0.2) is 42.7 Å². The number of sulfonamides is 1. The SMILES string of the molecule is O=S(=O)(Cc1ccccc1)NCCCn1cc(Cl)cn1. The average molecular weight is 314 g/mol. The molecule has 5 nitrogen and oxygen atoms in total. The fraction of sp³-hybridized carbons (Fsp3) is 0.308. The monoisotopic (exact) mass is 313 g/mol. The summed E-state index contributed by atoms with van der Waals surface area (Å²) in [5, 5.41) is 4.60. The van der Waals surface area contributed by atoms with Gasteiger partial charge in [-0.3, -0.25) is 4.68 Å². The Labute approximate surface area is 123 Å². The summed E-state index contributed by atoms with van der Waals surface area (Å²) in [4.78, 5) is 0. The van der Waals surface area contributed by atoms with Crippen LogP contribution in [0.5, 0.6) is 0 Å². The molecule has 0 aliphatic carbocycles. The largest absolute Gasteiger partial charge is 0.271 e. The summed E-state index contributed by atoms with van der Waals surface area (Å²) in [5.74, 6) is 0.00143. The zero-order valence-electron chi connectivity index (χ0n) is 10.9. The molecule has 0 amide bonds. The van der Waals surface area contributed by atoms with Crippen molar-refractivity contribution in [1.29, 1.82) is 0 Å². The number of hydrogen-bond donors (Lipinski definition) is 1. The summed E-state index contributed by atoms with van der Waals surface area (Å²) in [7, 11) is -3.29. The topological polar surface area (TPSA) is 64.0 Å². The minimum Gasteiger partial charge on any atom is -0.271 e. The average Bonchev–Trinajstić information content (AvgIpc) is 2.81. The van der Waals surface area contributed by atoms with E-state index >= 15 is 0 Å². The molecule has 0 radical (unpaired) electrons. The second kappa shape index (κ2) is 6.88. The van der Waals surface area contributed by atoms with E-state index in [1.807, 2.05) is 18.2 Å². The van der Waals surface area contributed by atoms with Gasteiger partial charge in [0.05, 0.1) is 17.0 Å². The number of hydrogen-bond acceptors (Lipinski definition) is 3. The highest BCUT2D eigenvalue weighted by molar-refractivity contribution is 7.88. The van der Waals surface area contributed by atoms with Gasteiger partial charge >= 0.3 is 0 Å². The number of rotatable bonds is 7. The van der Waals surface area contributed by atoms with Crippen molar-refractivity contribution in [2.24, 2.45) is 0 Å². The molecule has 1 N–H and O–H groups in total. The van der Waals surface area contributed by atoms with Crippen molar-refractivity contribution in [2.75, 3.05) is 6.54 Å². The van der Waals surface area contributed by atoms with Crippen molar-refractivity contribution in [1.82, 2.24) is 14.5 Å². The van der Waals surface area contributed by atoms with Gasteiger partial charge in [0.1, 0.15) is 0 Å². The summed E-state index contributed by atoms with van der Waals surface area (Å²) < 4.78 is 28.0. The van der Waals surface area contributed by atoms with Crippen molar-refractivity contribution in [3.8, 4) is 0 Å². The smallest absolute Gasteiger partial charge is 0.215 e. The van der Waals surface area contributed by atoms with Crippen LogP contribution in [0, 0.1) is 0 Å². The van der Waals surface area contributed by atoms with E-state index < -0.39 is 10.0 Å². The van der Waals surface area contributed by atoms with Crippen LogP contribution < -0.4 is 4.72 Å². The quantitative estimate of drug-likeness (QED) is 0.796. The first-order chi connectivity index (χ1) is 9.55. The first kappa shape index (κ1) is 15.0. The van der Waals surface area contributed by atoms with Gasteiger partial charge in [-0.2, -0.15) is 5.10 Å². The van der Waals surface area contributed by atoms with E-state index in [0.717, 1.165) is 5.56 Å². The Balaban J connectivity index is 1.75. The molecule has 2 rings (SSSR count). The standard InChI is InChI=1S/C13H16ClN3O2S/c14-13-9-15-17(10-13)8-4-7-16-20(18,19)11-12-5-2-1-3-6-12/h1-3,5-6,9-10,16H,4,7-8,11H2. The van der Waals surface area contributed by atoms with Gasteiger partial charge in [-0.15, -0.1) is 0 Å². The molecule has 0 spiro atoms. The van der Waals surface area contributed by atoms with E-state index in [-0.39, 0.29) is 5.75 Å². The zero-order valence-corrected chi connectivity index (χ0v) is 12.4. The number of aromatic nitrogens is 2. The van der Waals surface area contributed by atoms with Gasteiger partial charge in [0.25, 0.3) is 0 Å². The summed E-state index contributed by atoms with van der Waals surface area (Å²) in [6, 6.07) is 9.10. The van der Waals surface area contributed by atoms with E-state index in [1.165, 1.54) is 0 Å². The van der Waals surface area contributed by atoms with E-state index in [4.69, 9.17) is 11.6 Å². The molecule has 20 heavy (non-hydrogen) atoms. The molecule has 0 bridgehead atoms. The van der Waals surface area contributed by atoms with Crippen LogP contribution in [0.2, 0.25) is 5.02 Å². The Bertz CT molecular complexity index is 641. The molecule has 2 aromatic rings. The molecule has 0 atom stereocenters. The Morgan fingerprint density at radius 3 is 2.65 bits per heavy atom. The van der Waals surface area contributed by atoms with Crippen molar-refractivity contribution in [2.45, 2.75) is 18.7 Å². The van der Waals surface area contributed by atoms with Crippen LogP contribution in [0.1, 0.15) is 12.0 Å². The lowest BCUT2D eigenvalue weighted by molar-refractivity contribution is 0.552. The second-order valence-electron chi connectivity index (χ2n) is 4.41. The molecule has 0 aliphatic rings. The fourth-order valence-electron chi connectivity index (χ4n) is 1.77. The van der Waals surface area contributed by atoms with Crippen molar-refractivity contribution < 1.29 is 8.42 Å². The van der Waals surface area contributed by atoms with E-state index in [0.29, 0.717) is 24.5 Å². The maximum atomic E-state index is 11.9. The van der Waals surface area contributed by atoms with Crippen molar-refractivity contribution in [3.63, 3.8) is 0 Å². The molecule has 0 saturated heterocycles. The lowest BCUT2D eigenvalue weighted by atomic mass is 10.2. The summed E-state index contributed by atoms with van der Waals surface area (Å²) in [6.07, 6.45) is 3.92. The molecule has 0 unspecified atom stereocenters. The fourth-order valence-corrected chi connectivity index (χ4v) is 3.12. The summed E-state index contributed by atoms with van der Waals surface area (Å²) >= 11 is 5.74. The van der Waals surface area contributed by atoms with Gasteiger partial charge in [0.15, 0.2) is 0 Å². The van der Waals surface area contributed by atoms with E-state index in [1.54, 1.807) is 29.2 Å². The molecular formula is C13H16ClN3O2S. The maximum absolute atomic E-state index is 11.9. The van der Waals surface area contributed by atoms with Gasteiger partial charge in [-0.1, -0.05) is 41.9 Å². The molecule has 0 aliphatic heterocycles. The highest BCUT2D eigenvalue weighted by Crippen LogP contribution is 2.06. The van der Waals surface area contributed by atoms with Crippen LogP contribution in [-0.2, 0) is 22.3 Å².